The van der Waals surface area contributed by atoms with Gasteiger partial charge in [0, 0.05) is 19.2 Å². The summed E-state index contributed by atoms with van der Waals surface area (Å²) in [4.78, 5) is 12.9. The molecular formula is C15H22N2O3. The van der Waals surface area contributed by atoms with Crippen molar-refractivity contribution < 1.29 is 10.0 Å². The SMILES string of the molecule is CCC1(C)CCN(c2ccc(CO)cc2[N+](=O)[O-])CC1. The monoisotopic (exact) mass is 278 g/mol. The van der Waals surface area contributed by atoms with E-state index in [1.165, 1.54) is 6.07 Å². The van der Waals surface area contributed by atoms with E-state index in [-0.39, 0.29) is 17.2 Å². The Morgan fingerprint density at radius 2 is 2.05 bits per heavy atom. The molecule has 1 N–H and O–H groups in total. The summed E-state index contributed by atoms with van der Waals surface area (Å²) < 4.78 is 0. The van der Waals surface area contributed by atoms with Crippen molar-refractivity contribution in [2.45, 2.75) is 39.7 Å². The first-order chi connectivity index (χ1) is 9.49. The molecule has 1 aromatic rings. The Hall–Kier alpha value is -1.62. The quantitative estimate of drug-likeness (QED) is 0.679. The third-order valence-electron chi connectivity index (χ3n) is 4.58. The fourth-order valence-electron chi connectivity index (χ4n) is 2.72. The second kappa shape index (κ2) is 5.79. The van der Waals surface area contributed by atoms with Gasteiger partial charge in [-0.3, -0.25) is 10.1 Å². The average Bonchev–Trinajstić information content (AvgIpc) is 2.47. The van der Waals surface area contributed by atoms with Gasteiger partial charge in [-0.15, -0.1) is 0 Å². The molecule has 0 atom stereocenters. The third kappa shape index (κ3) is 2.93. The van der Waals surface area contributed by atoms with Crippen molar-refractivity contribution in [2.24, 2.45) is 5.41 Å². The molecule has 1 fully saturated rings. The minimum atomic E-state index is -0.359. The van der Waals surface area contributed by atoms with Crippen molar-refractivity contribution >= 4 is 11.4 Å². The van der Waals surface area contributed by atoms with Crippen molar-refractivity contribution in [3.8, 4) is 0 Å². The predicted molar refractivity (Wildman–Crippen MR) is 78.9 cm³/mol. The fourth-order valence-corrected chi connectivity index (χ4v) is 2.72. The lowest BCUT2D eigenvalue weighted by Crippen LogP contribution is -2.38. The fraction of sp³-hybridized carbons (Fsp3) is 0.600. The molecule has 0 aromatic heterocycles. The van der Waals surface area contributed by atoms with E-state index in [2.05, 4.69) is 18.7 Å². The van der Waals surface area contributed by atoms with Gasteiger partial charge in [0.2, 0.25) is 0 Å². The van der Waals surface area contributed by atoms with Gasteiger partial charge in [0.1, 0.15) is 5.69 Å². The summed E-state index contributed by atoms with van der Waals surface area (Å²) >= 11 is 0. The second-order valence-corrected chi connectivity index (χ2v) is 5.89. The van der Waals surface area contributed by atoms with Crippen LogP contribution in [0.15, 0.2) is 18.2 Å². The second-order valence-electron chi connectivity index (χ2n) is 5.89. The molecule has 1 aliphatic heterocycles. The van der Waals surface area contributed by atoms with Crippen molar-refractivity contribution in [3.05, 3.63) is 33.9 Å². The van der Waals surface area contributed by atoms with E-state index in [0.29, 0.717) is 16.7 Å². The van der Waals surface area contributed by atoms with Gasteiger partial charge < -0.3 is 10.0 Å². The van der Waals surface area contributed by atoms with E-state index in [4.69, 9.17) is 5.11 Å². The zero-order valence-electron chi connectivity index (χ0n) is 12.1. The first kappa shape index (κ1) is 14.8. The molecule has 1 saturated heterocycles. The van der Waals surface area contributed by atoms with E-state index < -0.39 is 0 Å². The highest BCUT2D eigenvalue weighted by molar-refractivity contribution is 5.64. The van der Waals surface area contributed by atoms with Crippen molar-refractivity contribution in [3.63, 3.8) is 0 Å². The number of hydrogen-bond donors (Lipinski definition) is 1. The number of nitrogens with zero attached hydrogens (tertiary/aromatic N) is 2. The van der Waals surface area contributed by atoms with Gasteiger partial charge in [-0.2, -0.15) is 0 Å². The molecule has 0 radical (unpaired) electrons. The first-order valence-corrected chi connectivity index (χ1v) is 7.12. The highest BCUT2D eigenvalue weighted by Gasteiger charge is 2.30. The highest BCUT2D eigenvalue weighted by Crippen LogP contribution is 2.38. The zero-order chi connectivity index (χ0) is 14.8. The van der Waals surface area contributed by atoms with Gasteiger partial charge in [-0.25, -0.2) is 0 Å². The Kier molecular flexibility index (Phi) is 4.28. The normalized spacial score (nSPS) is 18.1. The van der Waals surface area contributed by atoms with Gasteiger partial charge in [0.15, 0.2) is 0 Å². The maximum atomic E-state index is 11.2. The van der Waals surface area contributed by atoms with Crippen LogP contribution in [0.25, 0.3) is 0 Å². The maximum Gasteiger partial charge on any atom is 0.292 e. The smallest absolute Gasteiger partial charge is 0.292 e. The molecular weight excluding hydrogens is 256 g/mol. The van der Waals surface area contributed by atoms with Crippen molar-refractivity contribution in [1.82, 2.24) is 0 Å². The Morgan fingerprint density at radius 3 is 2.55 bits per heavy atom. The molecule has 1 aromatic carbocycles. The molecule has 5 heteroatoms. The summed E-state index contributed by atoms with van der Waals surface area (Å²) in [7, 11) is 0. The van der Waals surface area contributed by atoms with Crippen molar-refractivity contribution in [1.29, 1.82) is 0 Å². The van der Waals surface area contributed by atoms with E-state index in [0.717, 1.165) is 32.4 Å². The number of aliphatic hydroxyl groups excluding tert-OH is 1. The number of benzene rings is 1. The summed E-state index contributed by atoms with van der Waals surface area (Å²) in [6.45, 7) is 6.02. The molecule has 110 valence electrons. The minimum absolute atomic E-state index is 0.0941. The highest BCUT2D eigenvalue weighted by atomic mass is 16.6. The van der Waals surface area contributed by atoms with Crippen molar-refractivity contribution in [2.75, 3.05) is 18.0 Å². The molecule has 0 unspecified atom stereocenters. The van der Waals surface area contributed by atoms with Gasteiger partial charge >= 0.3 is 0 Å². The lowest BCUT2D eigenvalue weighted by atomic mass is 9.78. The van der Waals surface area contributed by atoms with E-state index >= 15 is 0 Å². The van der Waals surface area contributed by atoms with Crippen LogP contribution in [-0.2, 0) is 6.61 Å². The third-order valence-corrected chi connectivity index (χ3v) is 4.58. The summed E-state index contributed by atoms with van der Waals surface area (Å²) in [6.07, 6.45) is 3.26. The predicted octanol–water partition coefficient (Wildman–Crippen LogP) is 3.10. The van der Waals surface area contributed by atoms with Gasteiger partial charge in [0.25, 0.3) is 5.69 Å². The van der Waals surface area contributed by atoms with Crippen LogP contribution in [0.3, 0.4) is 0 Å². The number of nitro groups is 1. The molecule has 1 aliphatic rings. The van der Waals surface area contributed by atoms with Gasteiger partial charge in [0.05, 0.1) is 11.5 Å². The molecule has 0 amide bonds. The molecule has 0 spiro atoms. The molecule has 20 heavy (non-hydrogen) atoms. The summed E-state index contributed by atoms with van der Waals surface area (Å²) in [6, 6.07) is 5.00. The molecule has 1 heterocycles. The van der Waals surface area contributed by atoms with Gasteiger partial charge in [-0.05, 0) is 29.9 Å². The largest absolute Gasteiger partial charge is 0.392 e. The molecule has 0 bridgehead atoms. The van der Waals surface area contributed by atoms with Crippen LogP contribution >= 0.6 is 0 Å². The average molecular weight is 278 g/mol. The maximum absolute atomic E-state index is 11.2. The summed E-state index contributed by atoms with van der Waals surface area (Å²) in [5.41, 5.74) is 1.70. The summed E-state index contributed by atoms with van der Waals surface area (Å²) in [5.74, 6) is 0. The van der Waals surface area contributed by atoms with Crippen LogP contribution < -0.4 is 4.90 Å². The first-order valence-electron chi connectivity index (χ1n) is 7.12. The van der Waals surface area contributed by atoms with Crippen LogP contribution in [0, 0.1) is 15.5 Å². The lowest BCUT2D eigenvalue weighted by molar-refractivity contribution is -0.384. The molecule has 2 rings (SSSR count). The van der Waals surface area contributed by atoms with Crippen LogP contribution in [0.5, 0.6) is 0 Å². The Balaban J connectivity index is 2.23. The number of nitro benzene ring substituents is 1. The molecule has 0 saturated carbocycles. The molecule has 5 nitrogen and oxygen atoms in total. The van der Waals surface area contributed by atoms with Crippen LogP contribution in [0.1, 0.15) is 38.7 Å². The Bertz CT molecular complexity index is 494. The van der Waals surface area contributed by atoms with E-state index in [9.17, 15) is 10.1 Å². The Labute approximate surface area is 119 Å². The van der Waals surface area contributed by atoms with E-state index in [1.807, 2.05) is 0 Å². The van der Waals surface area contributed by atoms with Gasteiger partial charge in [-0.1, -0.05) is 26.3 Å². The number of hydrogen-bond acceptors (Lipinski definition) is 4. The number of piperidine rings is 1. The zero-order valence-corrected chi connectivity index (χ0v) is 12.1. The standard InChI is InChI=1S/C15H22N2O3/c1-3-15(2)6-8-16(9-7-15)13-5-4-12(11-18)10-14(13)17(19)20/h4-5,10,18H,3,6-9,11H2,1-2H3. The number of anilines is 1. The number of aliphatic hydroxyl groups is 1. The van der Waals surface area contributed by atoms with Crippen LogP contribution in [0.2, 0.25) is 0 Å². The lowest BCUT2D eigenvalue weighted by Gasteiger charge is -2.39. The van der Waals surface area contributed by atoms with Crippen LogP contribution in [-0.4, -0.2) is 23.1 Å². The minimum Gasteiger partial charge on any atom is -0.392 e. The van der Waals surface area contributed by atoms with Crippen LogP contribution in [0.4, 0.5) is 11.4 Å². The Morgan fingerprint density at radius 1 is 1.40 bits per heavy atom. The topological polar surface area (TPSA) is 66.6 Å². The number of rotatable bonds is 4. The summed E-state index contributed by atoms with van der Waals surface area (Å²) in [5, 5.41) is 20.3. The van der Waals surface area contributed by atoms with E-state index in [1.54, 1.807) is 12.1 Å². The molecule has 0 aliphatic carbocycles.